The Bertz CT molecular complexity index is 1170. The number of benzene rings is 1. The van der Waals surface area contributed by atoms with Crippen molar-refractivity contribution >= 4 is 46.0 Å². The summed E-state index contributed by atoms with van der Waals surface area (Å²) in [6.45, 7) is 0.508. The molecule has 31 heavy (non-hydrogen) atoms. The molecule has 2 heterocycles. The van der Waals surface area contributed by atoms with Gasteiger partial charge in [0.1, 0.15) is 0 Å². The zero-order valence-corrected chi connectivity index (χ0v) is 17.6. The van der Waals surface area contributed by atoms with Crippen LogP contribution in [0.25, 0.3) is 10.9 Å². The van der Waals surface area contributed by atoms with Crippen molar-refractivity contribution in [2.24, 2.45) is 0 Å². The second kappa shape index (κ2) is 9.67. The van der Waals surface area contributed by atoms with Crippen LogP contribution in [0.1, 0.15) is 5.56 Å². The molecule has 0 aliphatic heterocycles. The second-order valence-electron chi connectivity index (χ2n) is 6.25. The van der Waals surface area contributed by atoms with Crippen molar-refractivity contribution in [2.75, 3.05) is 24.8 Å². The van der Waals surface area contributed by atoms with Gasteiger partial charge >= 0.3 is 6.18 Å². The van der Waals surface area contributed by atoms with E-state index in [0.717, 1.165) is 11.8 Å². The summed E-state index contributed by atoms with van der Waals surface area (Å²) in [4.78, 5) is 33.1. The molecule has 3 aromatic rings. The molecular weight excluding hydrogens is 457 g/mol. The highest BCUT2D eigenvalue weighted by Crippen LogP contribution is 2.32. The quantitative estimate of drug-likeness (QED) is 0.415. The lowest BCUT2D eigenvalue weighted by Gasteiger charge is -2.13. The van der Waals surface area contributed by atoms with Gasteiger partial charge in [-0.15, -0.1) is 0 Å². The van der Waals surface area contributed by atoms with Gasteiger partial charge in [0.25, 0.3) is 5.56 Å². The molecule has 0 bridgehead atoms. The first kappa shape index (κ1) is 23.0. The Morgan fingerprint density at radius 2 is 2.06 bits per heavy atom. The van der Waals surface area contributed by atoms with Crippen LogP contribution in [-0.4, -0.2) is 39.9 Å². The minimum Gasteiger partial charge on any atom is -0.383 e. The number of para-hydroxylation sites is 1. The normalized spacial score (nSPS) is 11.6. The Morgan fingerprint density at radius 1 is 1.32 bits per heavy atom. The Balaban J connectivity index is 1.77. The molecule has 0 spiro atoms. The number of aromatic nitrogens is 3. The molecule has 12 heteroatoms. The number of fused-ring (bicyclic) bond motifs is 1. The minimum atomic E-state index is -4.59. The summed E-state index contributed by atoms with van der Waals surface area (Å²) >= 11 is 6.81. The lowest BCUT2D eigenvalue weighted by Crippen LogP contribution is -2.26. The molecule has 2 aromatic heterocycles. The van der Waals surface area contributed by atoms with E-state index in [1.807, 2.05) is 0 Å². The number of nitrogens with one attached hydrogen (secondary N) is 1. The van der Waals surface area contributed by atoms with Crippen LogP contribution < -0.4 is 10.9 Å². The zero-order valence-electron chi connectivity index (χ0n) is 16.1. The SMILES string of the molecule is COCCn1c(SCC(=O)Nc2ncc(C(F)(F)F)cc2Cl)nc2ccccc2c1=O. The fraction of sp³-hybridized carbons (Fsp3) is 0.263. The molecule has 0 saturated carbocycles. The number of anilines is 1. The van der Waals surface area contributed by atoms with Gasteiger partial charge in [-0.05, 0) is 18.2 Å². The highest BCUT2D eigenvalue weighted by Gasteiger charge is 2.31. The van der Waals surface area contributed by atoms with E-state index in [1.54, 1.807) is 24.3 Å². The topological polar surface area (TPSA) is 86.1 Å². The summed E-state index contributed by atoms with van der Waals surface area (Å²) in [7, 11) is 1.50. The number of halogens is 4. The third kappa shape index (κ3) is 5.54. The predicted octanol–water partition coefficient (Wildman–Crippen LogP) is 3.84. The fourth-order valence-electron chi connectivity index (χ4n) is 2.62. The number of thioether (sulfide) groups is 1. The maximum absolute atomic E-state index is 12.8. The van der Waals surface area contributed by atoms with Gasteiger partial charge in [-0.2, -0.15) is 13.2 Å². The molecule has 1 amide bonds. The first-order valence-electron chi connectivity index (χ1n) is 8.84. The monoisotopic (exact) mass is 472 g/mol. The number of rotatable bonds is 7. The van der Waals surface area contributed by atoms with Crippen LogP contribution in [0.2, 0.25) is 5.02 Å². The summed E-state index contributed by atoms with van der Waals surface area (Å²) in [5.41, 5.74) is -0.804. The molecule has 1 aromatic carbocycles. The van der Waals surface area contributed by atoms with E-state index in [0.29, 0.717) is 28.3 Å². The van der Waals surface area contributed by atoms with Crippen LogP contribution in [0.5, 0.6) is 0 Å². The smallest absolute Gasteiger partial charge is 0.383 e. The van der Waals surface area contributed by atoms with Crippen molar-refractivity contribution in [1.29, 1.82) is 0 Å². The van der Waals surface area contributed by atoms with E-state index < -0.39 is 17.6 Å². The predicted molar refractivity (Wildman–Crippen MR) is 111 cm³/mol. The van der Waals surface area contributed by atoms with Gasteiger partial charge in [0.2, 0.25) is 5.91 Å². The van der Waals surface area contributed by atoms with E-state index in [4.69, 9.17) is 16.3 Å². The molecule has 164 valence electrons. The number of pyridine rings is 1. The molecule has 3 rings (SSSR count). The van der Waals surface area contributed by atoms with Crippen molar-refractivity contribution in [3.8, 4) is 0 Å². The Kier molecular flexibility index (Phi) is 7.19. The van der Waals surface area contributed by atoms with Gasteiger partial charge in [0, 0.05) is 13.3 Å². The van der Waals surface area contributed by atoms with E-state index in [-0.39, 0.29) is 35.3 Å². The average molecular weight is 473 g/mol. The molecule has 0 aliphatic rings. The summed E-state index contributed by atoms with van der Waals surface area (Å²) < 4.78 is 44.6. The number of alkyl halides is 3. The van der Waals surface area contributed by atoms with Crippen LogP contribution in [0.3, 0.4) is 0 Å². The third-order valence-corrected chi connectivity index (χ3v) is 5.37. The van der Waals surface area contributed by atoms with Gasteiger partial charge in [0.15, 0.2) is 11.0 Å². The molecule has 7 nitrogen and oxygen atoms in total. The van der Waals surface area contributed by atoms with Crippen molar-refractivity contribution in [1.82, 2.24) is 14.5 Å². The molecular formula is C19H16ClF3N4O3S. The first-order chi connectivity index (χ1) is 14.7. The number of ether oxygens (including phenoxy) is 1. The molecule has 0 aliphatic carbocycles. The fourth-order valence-corrected chi connectivity index (χ4v) is 3.66. The number of carbonyl (C=O) groups is 1. The highest BCUT2D eigenvalue weighted by molar-refractivity contribution is 7.99. The van der Waals surface area contributed by atoms with Crippen molar-refractivity contribution < 1.29 is 22.7 Å². The number of carbonyl (C=O) groups excluding carboxylic acids is 1. The molecule has 0 unspecified atom stereocenters. The standard InChI is InChI=1S/C19H16ClF3N4O3S/c1-30-7-6-27-17(29)12-4-2-3-5-14(12)25-18(27)31-10-15(28)26-16-13(20)8-11(9-24-16)19(21,22)23/h2-5,8-9H,6-7,10H2,1H3,(H,24,26,28). The Hall–Kier alpha value is -2.63. The highest BCUT2D eigenvalue weighted by atomic mass is 35.5. The molecule has 0 fully saturated rings. The Labute approximate surface area is 183 Å². The van der Waals surface area contributed by atoms with E-state index in [9.17, 15) is 22.8 Å². The summed E-state index contributed by atoms with van der Waals surface area (Å²) in [5, 5.41) is 2.77. The lowest BCUT2D eigenvalue weighted by molar-refractivity contribution is -0.137. The van der Waals surface area contributed by atoms with Gasteiger partial charge in [-0.1, -0.05) is 35.5 Å². The van der Waals surface area contributed by atoms with Crippen LogP contribution in [0, 0.1) is 0 Å². The van der Waals surface area contributed by atoms with Crippen molar-refractivity contribution in [3.63, 3.8) is 0 Å². The van der Waals surface area contributed by atoms with Gasteiger partial charge in [0.05, 0.1) is 40.4 Å². The lowest BCUT2D eigenvalue weighted by atomic mass is 10.2. The molecule has 0 saturated heterocycles. The van der Waals surface area contributed by atoms with Gasteiger partial charge in [-0.25, -0.2) is 9.97 Å². The third-order valence-electron chi connectivity index (χ3n) is 4.10. The van der Waals surface area contributed by atoms with Crippen LogP contribution in [0.15, 0.2) is 46.5 Å². The van der Waals surface area contributed by atoms with Crippen LogP contribution in [0.4, 0.5) is 19.0 Å². The Morgan fingerprint density at radius 3 is 2.74 bits per heavy atom. The zero-order chi connectivity index (χ0) is 22.6. The van der Waals surface area contributed by atoms with Crippen LogP contribution >= 0.6 is 23.4 Å². The molecule has 0 atom stereocenters. The maximum Gasteiger partial charge on any atom is 0.417 e. The summed E-state index contributed by atoms with van der Waals surface area (Å²) in [5.74, 6) is -0.931. The summed E-state index contributed by atoms with van der Waals surface area (Å²) in [6.07, 6.45) is -4.01. The number of hydrogen-bond donors (Lipinski definition) is 1. The second-order valence-corrected chi connectivity index (χ2v) is 7.60. The van der Waals surface area contributed by atoms with E-state index >= 15 is 0 Å². The number of methoxy groups -OCH3 is 1. The number of amides is 1. The van der Waals surface area contributed by atoms with E-state index in [1.165, 1.54) is 11.7 Å². The van der Waals surface area contributed by atoms with E-state index in [2.05, 4.69) is 15.3 Å². The van der Waals surface area contributed by atoms with Crippen LogP contribution in [-0.2, 0) is 22.3 Å². The minimum absolute atomic E-state index is 0.170. The largest absolute Gasteiger partial charge is 0.417 e. The van der Waals surface area contributed by atoms with Crippen molar-refractivity contribution in [3.05, 3.63) is 57.5 Å². The maximum atomic E-state index is 12.8. The molecule has 1 N–H and O–H groups in total. The first-order valence-corrected chi connectivity index (χ1v) is 10.2. The van der Waals surface area contributed by atoms with Gasteiger partial charge < -0.3 is 10.1 Å². The van der Waals surface area contributed by atoms with Gasteiger partial charge in [-0.3, -0.25) is 14.2 Å². The summed E-state index contributed by atoms with van der Waals surface area (Å²) in [6, 6.07) is 7.51. The molecule has 0 radical (unpaired) electrons. The number of nitrogens with zero attached hydrogens (tertiary/aromatic N) is 3. The average Bonchev–Trinajstić information content (AvgIpc) is 2.72. The van der Waals surface area contributed by atoms with Crippen molar-refractivity contribution in [2.45, 2.75) is 17.9 Å². The number of hydrogen-bond acceptors (Lipinski definition) is 6.